The van der Waals surface area contributed by atoms with Gasteiger partial charge in [0.15, 0.2) is 0 Å². The highest BCUT2D eigenvalue weighted by atomic mass is 16.5. The molecule has 0 aromatic carbocycles. The van der Waals surface area contributed by atoms with Crippen LogP contribution >= 0.6 is 0 Å². The minimum Gasteiger partial charge on any atom is -0.478 e. The predicted molar refractivity (Wildman–Crippen MR) is 91.0 cm³/mol. The minimum atomic E-state index is -0.422. The highest BCUT2D eigenvalue weighted by Gasteiger charge is 2.26. The number of ether oxygens (including phenoxy) is 1. The third kappa shape index (κ3) is 4.45. The molecule has 1 fully saturated rings. The number of nitrogens with zero attached hydrogens (tertiary/aromatic N) is 3. The standard InChI is InChI=1S/C17H25N5O3/c1-2-25-17-12-9-22(8-6-13(12)19-11-20-17)10-15(23)21-14-5-3-4-7-18-16(14)24/h11,14H,2-10H2,1H3,(H,18,24)(H,21,23)/t14-/m0/s1. The molecule has 25 heavy (non-hydrogen) atoms. The Morgan fingerprint density at radius 1 is 1.44 bits per heavy atom. The van der Waals surface area contributed by atoms with E-state index in [4.69, 9.17) is 4.74 Å². The Hall–Kier alpha value is -2.22. The normalized spacial score (nSPS) is 21.0. The lowest BCUT2D eigenvalue weighted by Crippen LogP contribution is -2.49. The molecule has 1 atom stereocenters. The first-order valence-electron chi connectivity index (χ1n) is 8.92. The van der Waals surface area contributed by atoms with Gasteiger partial charge in [-0.05, 0) is 26.2 Å². The van der Waals surface area contributed by atoms with E-state index in [0.29, 0.717) is 32.0 Å². The van der Waals surface area contributed by atoms with Crippen LogP contribution in [0.3, 0.4) is 0 Å². The van der Waals surface area contributed by atoms with Crippen molar-refractivity contribution < 1.29 is 14.3 Å². The maximum Gasteiger partial charge on any atom is 0.242 e. The van der Waals surface area contributed by atoms with Gasteiger partial charge in [0.05, 0.1) is 18.8 Å². The SMILES string of the molecule is CCOc1ncnc2c1CN(CC(=O)N[C@H]1CCCCNC1=O)CC2. The van der Waals surface area contributed by atoms with E-state index < -0.39 is 6.04 Å². The molecule has 1 aromatic rings. The number of carbonyl (C=O) groups excluding carboxylic acids is 2. The molecule has 0 aliphatic carbocycles. The zero-order chi connectivity index (χ0) is 17.6. The van der Waals surface area contributed by atoms with Gasteiger partial charge in [0.25, 0.3) is 0 Å². The first-order chi connectivity index (χ1) is 12.2. The Kier molecular flexibility index (Phi) is 5.80. The van der Waals surface area contributed by atoms with Gasteiger partial charge in [0.1, 0.15) is 12.4 Å². The van der Waals surface area contributed by atoms with Gasteiger partial charge in [-0.15, -0.1) is 0 Å². The monoisotopic (exact) mass is 347 g/mol. The minimum absolute atomic E-state index is 0.0816. The summed E-state index contributed by atoms with van der Waals surface area (Å²) < 4.78 is 5.58. The van der Waals surface area contributed by atoms with Crippen LogP contribution in [0.15, 0.2) is 6.33 Å². The van der Waals surface area contributed by atoms with Crippen molar-refractivity contribution in [1.82, 2.24) is 25.5 Å². The van der Waals surface area contributed by atoms with Crippen LogP contribution in [0, 0.1) is 0 Å². The molecule has 136 valence electrons. The van der Waals surface area contributed by atoms with Crippen molar-refractivity contribution in [2.75, 3.05) is 26.2 Å². The Balaban J connectivity index is 1.59. The van der Waals surface area contributed by atoms with E-state index in [1.165, 1.54) is 6.33 Å². The second-order valence-electron chi connectivity index (χ2n) is 6.40. The first-order valence-corrected chi connectivity index (χ1v) is 8.92. The maximum atomic E-state index is 12.4. The molecule has 0 saturated carbocycles. The number of amides is 2. The number of carbonyl (C=O) groups is 2. The summed E-state index contributed by atoms with van der Waals surface area (Å²) in [5.74, 6) is 0.392. The van der Waals surface area contributed by atoms with Crippen molar-refractivity contribution in [2.45, 2.75) is 45.2 Å². The molecule has 1 saturated heterocycles. The van der Waals surface area contributed by atoms with E-state index in [1.807, 2.05) is 11.8 Å². The molecule has 8 heteroatoms. The van der Waals surface area contributed by atoms with Gasteiger partial charge >= 0.3 is 0 Å². The van der Waals surface area contributed by atoms with E-state index in [-0.39, 0.29) is 18.4 Å². The van der Waals surface area contributed by atoms with Crippen LogP contribution in [0.2, 0.25) is 0 Å². The lowest BCUT2D eigenvalue weighted by molar-refractivity contribution is -0.129. The van der Waals surface area contributed by atoms with Crippen molar-refractivity contribution in [3.63, 3.8) is 0 Å². The van der Waals surface area contributed by atoms with Gasteiger partial charge in [-0.3, -0.25) is 14.5 Å². The van der Waals surface area contributed by atoms with Crippen molar-refractivity contribution in [1.29, 1.82) is 0 Å². The predicted octanol–water partition coefficient (Wildman–Crippen LogP) is 0.0183. The topological polar surface area (TPSA) is 96.5 Å². The molecule has 2 amide bonds. The Bertz CT molecular complexity index is 637. The van der Waals surface area contributed by atoms with Crippen LogP contribution in [0.5, 0.6) is 5.88 Å². The molecule has 0 radical (unpaired) electrons. The fourth-order valence-electron chi connectivity index (χ4n) is 3.29. The summed E-state index contributed by atoms with van der Waals surface area (Å²) in [4.78, 5) is 34.9. The highest BCUT2D eigenvalue weighted by molar-refractivity contribution is 5.88. The fraction of sp³-hybridized carbons (Fsp3) is 0.647. The maximum absolute atomic E-state index is 12.4. The smallest absolute Gasteiger partial charge is 0.242 e. The summed E-state index contributed by atoms with van der Waals surface area (Å²) in [6, 6.07) is -0.422. The van der Waals surface area contributed by atoms with Gasteiger partial charge in [0.2, 0.25) is 17.7 Å². The second-order valence-corrected chi connectivity index (χ2v) is 6.40. The molecule has 3 rings (SSSR count). The Morgan fingerprint density at radius 3 is 3.16 bits per heavy atom. The van der Waals surface area contributed by atoms with E-state index in [0.717, 1.165) is 37.1 Å². The average Bonchev–Trinajstić information content (AvgIpc) is 2.80. The van der Waals surface area contributed by atoms with Gasteiger partial charge in [-0.1, -0.05) is 0 Å². The van der Waals surface area contributed by atoms with E-state index >= 15 is 0 Å². The van der Waals surface area contributed by atoms with Crippen LogP contribution in [-0.2, 0) is 22.6 Å². The number of hydrogen-bond donors (Lipinski definition) is 2. The zero-order valence-corrected chi connectivity index (χ0v) is 14.6. The molecule has 0 bridgehead atoms. The highest BCUT2D eigenvalue weighted by Crippen LogP contribution is 2.24. The molecule has 2 aliphatic rings. The van der Waals surface area contributed by atoms with Gasteiger partial charge in [-0.2, -0.15) is 0 Å². The van der Waals surface area contributed by atoms with Crippen LogP contribution < -0.4 is 15.4 Å². The molecular formula is C17H25N5O3. The summed E-state index contributed by atoms with van der Waals surface area (Å²) in [5, 5.41) is 5.70. The van der Waals surface area contributed by atoms with Crippen molar-refractivity contribution >= 4 is 11.8 Å². The van der Waals surface area contributed by atoms with Crippen LogP contribution in [-0.4, -0.2) is 59.0 Å². The van der Waals surface area contributed by atoms with Gasteiger partial charge < -0.3 is 15.4 Å². The molecule has 1 aromatic heterocycles. The third-order valence-corrected chi connectivity index (χ3v) is 4.56. The van der Waals surface area contributed by atoms with E-state index in [2.05, 4.69) is 20.6 Å². The average molecular weight is 347 g/mol. The number of aromatic nitrogens is 2. The molecule has 3 heterocycles. The largest absolute Gasteiger partial charge is 0.478 e. The molecule has 2 aliphatic heterocycles. The van der Waals surface area contributed by atoms with Crippen molar-refractivity contribution in [3.05, 3.63) is 17.6 Å². The summed E-state index contributed by atoms with van der Waals surface area (Å²) >= 11 is 0. The summed E-state index contributed by atoms with van der Waals surface area (Å²) in [5.41, 5.74) is 1.94. The molecular weight excluding hydrogens is 322 g/mol. The fourth-order valence-corrected chi connectivity index (χ4v) is 3.29. The third-order valence-electron chi connectivity index (χ3n) is 4.56. The first kappa shape index (κ1) is 17.6. The van der Waals surface area contributed by atoms with E-state index in [1.54, 1.807) is 0 Å². The summed E-state index contributed by atoms with van der Waals surface area (Å²) in [6.07, 6.45) is 4.88. The van der Waals surface area contributed by atoms with Crippen LogP contribution in [0.4, 0.5) is 0 Å². The Morgan fingerprint density at radius 2 is 2.32 bits per heavy atom. The summed E-state index contributed by atoms with van der Waals surface area (Å²) in [7, 11) is 0. The lowest BCUT2D eigenvalue weighted by Gasteiger charge is -2.28. The summed E-state index contributed by atoms with van der Waals surface area (Å²) in [6.45, 7) is 4.73. The zero-order valence-electron chi connectivity index (χ0n) is 14.6. The number of hydrogen-bond acceptors (Lipinski definition) is 6. The molecule has 2 N–H and O–H groups in total. The quantitative estimate of drug-likeness (QED) is 0.779. The van der Waals surface area contributed by atoms with E-state index in [9.17, 15) is 9.59 Å². The number of fused-ring (bicyclic) bond motifs is 1. The molecule has 0 spiro atoms. The molecule has 0 unspecified atom stereocenters. The second kappa shape index (κ2) is 8.24. The molecule has 8 nitrogen and oxygen atoms in total. The Labute approximate surface area is 147 Å². The van der Waals surface area contributed by atoms with Crippen molar-refractivity contribution in [2.24, 2.45) is 0 Å². The number of nitrogens with one attached hydrogen (secondary N) is 2. The van der Waals surface area contributed by atoms with Gasteiger partial charge in [0, 0.05) is 31.6 Å². The number of rotatable bonds is 5. The van der Waals surface area contributed by atoms with Gasteiger partial charge in [-0.25, -0.2) is 9.97 Å². The van der Waals surface area contributed by atoms with Crippen molar-refractivity contribution in [3.8, 4) is 5.88 Å². The van der Waals surface area contributed by atoms with Crippen LogP contribution in [0.1, 0.15) is 37.4 Å². The lowest BCUT2D eigenvalue weighted by atomic mass is 10.1. The van der Waals surface area contributed by atoms with Crippen LogP contribution in [0.25, 0.3) is 0 Å².